The highest BCUT2D eigenvalue weighted by Crippen LogP contribution is 2.26. The van der Waals surface area contributed by atoms with Gasteiger partial charge < -0.3 is 15.8 Å². The highest BCUT2D eigenvalue weighted by molar-refractivity contribution is 5.97. The summed E-state index contributed by atoms with van der Waals surface area (Å²) in [5.74, 6) is -0.826. The lowest BCUT2D eigenvalue weighted by Gasteiger charge is -2.13. The van der Waals surface area contributed by atoms with Gasteiger partial charge in [0.25, 0.3) is 0 Å². The Labute approximate surface area is 122 Å². The topological polar surface area (TPSA) is 64.3 Å². The number of rotatable bonds is 3. The Morgan fingerprint density at radius 3 is 2.43 bits per heavy atom. The quantitative estimate of drug-likeness (QED) is 0.669. The summed E-state index contributed by atoms with van der Waals surface area (Å²) >= 11 is 0. The summed E-state index contributed by atoms with van der Waals surface area (Å²) in [6, 6.07) is 8.03. The second kappa shape index (κ2) is 5.83. The number of nitrogen functional groups attached to an aromatic ring is 1. The summed E-state index contributed by atoms with van der Waals surface area (Å²) in [4.78, 5) is 11.7. The molecule has 0 bridgehead atoms. The Kier molecular flexibility index (Phi) is 4.12. The third-order valence-corrected chi connectivity index (χ3v) is 3.12. The van der Waals surface area contributed by atoms with Gasteiger partial charge in [-0.1, -0.05) is 0 Å². The van der Waals surface area contributed by atoms with Gasteiger partial charge in [0.05, 0.1) is 12.7 Å². The van der Waals surface area contributed by atoms with E-state index >= 15 is 0 Å². The van der Waals surface area contributed by atoms with Crippen molar-refractivity contribution in [2.75, 3.05) is 18.2 Å². The van der Waals surface area contributed by atoms with Crippen molar-refractivity contribution in [1.29, 1.82) is 0 Å². The van der Waals surface area contributed by atoms with Crippen molar-refractivity contribution >= 4 is 23.0 Å². The number of aryl methyl sites for hydroxylation is 2. The lowest BCUT2D eigenvalue weighted by atomic mass is 10.1. The molecule has 21 heavy (non-hydrogen) atoms. The number of carbonyl (C=O) groups excluding carboxylic acids is 1. The first-order chi connectivity index (χ1) is 9.90. The molecule has 110 valence electrons. The van der Waals surface area contributed by atoms with Gasteiger partial charge in [0.2, 0.25) is 0 Å². The minimum atomic E-state index is -0.505. The molecule has 0 radical (unpaired) electrons. The standard InChI is InChI=1S/C16H17FN2O2/c1-9-4-11(17)7-12(5-9)19-13-6-10(2)15(18)14(8-13)16(20)21-3/h4-8,19H,18H2,1-3H3. The first-order valence-corrected chi connectivity index (χ1v) is 6.43. The van der Waals surface area contributed by atoms with Crippen molar-refractivity contribution in [3.05, 3.63) is 52.8 Å². The van der Waals surface area contributed by atoms with Gasteiger partial charge in [0.15, 0.2) is 0 Å². The van der Waals surface area contributed by atoms with E-state index in [2.05, 4.69) is 5.32 Å². The molecule has 0 unspecified atom stereocenters. The summed E-state index contributed by atoms with van der Waals surface area (Å²) in [6.07, 6.45) is 0. The molecule has 0 aliphatic heterocycles. The van der Waals surface area contributed by atoms with E-state index in [1.165, 1.54) is 19.2 Å². The molecule has 0 heterocycles. The van der Waals surface area contributed by atoms with Crippen LogP contribution >= 0.6 is 0 Å². The molecule has 5 heteroatoms. The molecule has 0 aliphatic carbocycles. The number of nitrogens with two attached hydrogens (primary N) is 1. The third kappa shape index (κ3) is 3.31. The number of benzene rings is 2. The average Bonchev–Trinajstić information content (AvgIpc) is 2.40. The van der Waals surface area contributed by atoms with Crippen LogP contribution in [-0.2, 0) is 4.74 Å². The number of hydrogen-bond acceptors (Lipinski definition) is 4. The van der Waals surface area contributed by atoms with Gasteiger partial charge in [-0.15, -0.1) is 0 Å². The zero-order chi connectivity index (χ0) is 15.6. The molecule has 2 rings (SSSR count). The van der Waals surface area contributed by atoms with Gasteiger partial charge in [-0.25, -0.2) is 9.18 Å². The first-order valence-electron chi connectivity index (χ1n) is 6.43. The Bertz CT molecular complexity index is 679. The smallest absolute Gasteiger partial charge is 0.340 e. The largest absolute Gasteiger partial charge is 0.465 e. The van der Waals surface area contributed by atoms with Crippen LogP contribution in [0.25, 0.3) is 0 Å². The molecule has 0 spiro atoms. The number of anilines is 3. The first kappa shape index (κ1) is 14.8. The van der Waals surface area contributed by atoms with Crippen molar-refractivity contribution in [3.63, 3.8) is 0 Å². The SMILES string of the molecule is COC(=O)c1cc(Nc2cc(C)cc(F)c2)cc(C)c1N. The fraction of sp³-hybridized carbons (Fsp3) is 0.188. The molecule has 2 aromatic rings. The maximum atomic E-state index is 13.4. The van der Waals surface area contributed by atoms with E-state index in [1.54, 1.807) is 19.1 Å². The van der Waals surface area contributed by atoms with Crippen LogP contribution in [0.15, 0.2) is 30.3 Å². The highest BCUT2D eigenvalue weighted by Gasteiger charge is 2.13. The summed E-state index contributed by atoms with van der Waals surface area (Å²) in [6.45, 7) is 3.60. The summed E-state index contributed by atoms with van der Waals surface area (Å²) in [5.41, 5.74) is 9.34. The number of halogens is 1. The van der Waals surface area contributed by atoms with Crippen molar-refractivity contribution in [2.24, 2.45) is 0 Å². The number of esters is 1. The lowest BCUT2D eigenvalue weighted by molar-refractivity contribution is 0.0602. The molecular weight excluding hydrogens is 271 g/mol. The number of nitrogens with one attached hydrogen (secondary N) is 1. The Balaban J connectivity index is 2.40. The number of methoxy groups -OCH3 is 1. The highest BCUT2D eigenvalue weighted by atomic mass is 19.1. The Morgan fingerprint density at radius 2 is 1.81 bits per heavy atom. The molecule has 0 saturated carbocycles. The molecule has 0 atom stereocenters. The second-order valence-corrected chi connectivity index (χ2v) is 4.89. The molecule has 0 saturated heterocycles. The summed E-state index contributed by atoms with van der Waals surface area (Å²) in [5, 5.41) is 3.07. The van der Waals surface area contributed by atoms with Crippen LogP contribution in [0.1, 0.15) is 21.5 Å². The van der Waals surface area contributed by atoms with Crippen LogP contribution in [-0.4, -0.2) is 13.1 Å². The minimum Gasteiger partial charge on any atom is -0.465 e. The number of carbonyl (C=O) groups is 1. The average molecular weight is 288 g/mol. The monoisotopic (exact) mass is 288 g/mol. The van der Waals surface area contributed by atoms with E-state index < -0.39 is 5.97 Å². The van der Waals surface area contributed by atoms with E-state index in [0.717, 1.165) is 11.1 Å². The minimum absolute atomic E-state index is 0.285. The number of ether oxygens (including phenoxy) is 1. The van der Waals surface area contributed by atoms with E-state index in [4.69, 9.17) is 10.5 Å². The van der Waals surface area contributed by atoms with Gasteiger partial charge in [-0.2, -0.15) is 0 Å². The van der Waals surface area contributed by atoms with Crippen LogP contribution < -0.4 is 11.1 Å². The maximum absolute atomic E-state index is 13.4. The molecule has 2 aromatic carbocycles. The van der Waals surface area contributed by atoms with Crippen LogP contribution in [0.2, 0.25) is 0 Å². The van der Waals surface area contributed by atoms with Gasteiger partial charge in [0, 0.05) is 17.1 Å². The van der Waals surface area contributed by atoms with E-state index in [-0.39, 0.29) is 11.4 Å². The number of hydrogen-bond donors (Lipinski definition) is 2. The van der Waals surface area contributed by atoms with Gasteiger partial charge in [-0.05, 0) is 55.3 Å². The fourth-order valence-electron chi connectivity index (χ4n) is 2.12. The zero-order valence-corrected chi connectivity index (χ0v) is 12.2. The van der Waals surface area contributed by atoms with Crippen molar-refractivity contribution in [3.8, 4) is 0 Å². The summed E-state index contributed by atoms with van der Waals surface area (Å²) < 4.78 is 18.1. The van der Waals surface area contributed by atoms with Crippen LogP contribution in [0.4, 0.5) is 21.5 Å². The predicted octanol–water partition coefficient (Wildman–Crippen LogP) is 3.55. The molecule has 4 nitrogen and oxygen atoms in total. The molecule has 3 N–H and O–H groups in total. The van der Waals surface area contributed by atoms with Crippen LogP contribution in [0.3, 0.4) is 0 Å². The zero-order valence-electron chi connectivity index (χ0n) is 12.2. The van der Waals surface area contributed by atoms with Gasteiger partial charge in [-0.3, -0.25) is 0 Å². The summed E-state index contributed by atoms with van der Waals surface area (Å²) in [7, 11) is 1.30. The van der Waals surface area contributed by atoms with Crippen molar-refractivity contribution in [1.82, 2.24) is 0 Å². The van der Waals surface area contributed by atoms with Gasteiger partial charge >= 0.3 is 5.97 Å². The predicted molar refractivity (Wildman–Crippen MR) is 81.4 cm³/mol. The molecule has 0 aliphatic rings. The van der Waals surface area contributed by atoms with Crippen molar-refractivity contribution in [2.45, 2.75) is 13.8 Å². The Morgan fingerprint density at radius 1 is 1.14 bits per heavy atom. The normalized spacial score (nSPS) is 10.3. The van der Waals surface area contributed by atoms with E-state index in [9.17, 15) is 9.18 Å². The Hall–Kier alpha value is -2.56. The molecular formula is C16H17FN2O2. The van der Waals surface area contributed by atoms with Gasteiger partial charge in [0.1, 0.15) is 5.82 Å². The third-order valence-electron chi connectivity index (χ3n) is 3.12. The lowest BCUT2D eigenvalue weighted by Crippen LogP contribution is -2.08. The second-order valence-electron chi connectivity index (χ2n) is 4.89. The molecule has 0 fully saturated rings. The van der Waals surface area contributed by atoms with E-state index in [1.807, 2.05) is 13.0 Å². The fourth-order valence-corrected chi connectivity index (χ4v) is 2.12. The maximum Gasteiger partial charge on any atom is 0.340 e. The van der Waals surface area contributed by atoms with E-state index in [0.29, 0.717) is 17.1 Å². The van der Waals surface area contributed by atoms with Crippen LogP contribution in [0.5, 0.6) is 0 Å². The van der Waals surface area contributed by atoms with Crippen molar-refractivity contribution < 1.29 is 13.9 Å². The molecule has 0 amide bonds. The molecule has 0 aromatic heterocycles. The van der Waals surface area contributed by atoms with Crippen LogP contribution in [0, 0.1) is 19.7 Å².